The van der Waals surface area contributed by atoms with Gasteiger partial charge >= 0.3 is 35.2 Å². The van der Waals surface area contributed by atoms with Gasteiger partial charge in [0.25, 0.3) is 0 Å². The highest BCUT2D eigenvalue weighted by molar-refractivity contribution is 6.90. The van der Waals surface area contributed by atoms with Crippen LogP contribution in [0.4, 0.5) is 0 Å². The molecule has 28 heavy (non-hydrogen) atoms. The molecule has 0 aliphatic carbocycles. The Balaban J connectivity index is 5.63. The van der Waals surface area contributed by atoms with Crippen LogP contribution in [0.3, 0.4) is 0 Å². The molecule has 0 saturated carbocycles. The summed E-state index contributed by atoms with van der Waals surface area (Å²) in [5.41, 5.74) is 0. The van der Waals surface area contributed by atoms with Crippen molar-refractivity contribution in [3.05, 3.63) is 0 Å². The second kappa shape index (κ2) is 9.82. The van der Waals surface area contributed by atoms with Crippen LogP contribution >= 0.6 is 0 Å². The van der Waals surface area contributed by atoms with Crippen molar-refractivity contribution < 1.29 is 24.7 Å². The normalized spacial score (nSPS) is 16.4. The Hall–Kier alpha value is 1.28. The summed E-state index contributed by atoms with van der Waals surface area (Å²) in [7, 11) is -15.0. The molecule has 0 rings (SSSR count). The van der Waals surface area contributed by atoms with Crippen LogP contribution < -0.4 is 0 Å². The van der Waals surface area contributed by atoms with Crippen LogP contribution in [0.25, 0.3) is 0 Å². The van der Waals surface area contributed by atoms with Crippen molar-refractivity contribution in [3.63, 3.8) is 0 Å². The van der Waals surface area contributed by atoms with Gasteiger partial charge in [-0.15, -0.1) is 0 Å². The Bertz CT molecular complexity index is 467. The fourth-order valence-electron chi connectivity index (χ4n) is 3.30. The molecular formula is C15H46O6Si7. The lowest BCUT2D eigenvalue weighted by Crippen LogP contribution is -2.62. The molecule has 0 aliphatic rings. The molecule has 0 aromatic heterocycles. The standard InChI is InChI=1S/C15H46O6Si7/c1-22(16-23(2,3)4)17-28(15,20-26(11,12)18-24(5,6)7)21-27(13,14)19-25(8,9)10/h22H,1-15H3. The third-order valence-electron chi connectivity index (χ3n) is 2.87. The highest BCUT2D eigenvalue weighted by Gasteiger charge is 2.50. The molecule has 1 atom stereocenters. The molecule has 0 fully saturated rings. The Kier molecular flexibility index (Phi) is 10.3. The molecule has 0 aliphatic heterocycles. The average molecular weight is 519 g/mol. The zero-order chi connectivity index (χ0) is 22.8. The van der Waals surface area contributed by atoms with Crippen molar-refractivity contribution in [2.75, 3.05) is 0 Å². The summed E-state index contributed by atoms with van der Waals surface area (Å²) in [6.45, 7) is 32.1. The van der Waals surface area contributed by atoms with E-state index in [1.165, 1.54) is 0 Å². The van der Waals surface area contributed by atoms with Gasteiger partial charge in [-0.05, 0) is 91.7 Å². The van der Waals surface area contributed by atoms with Crippen LogP contribution in [0.5, 0.6) is 0 Å². The van der Waals surface area contributed by atoms with E-state index in [-0.39, 0.29) is 0 Å². The summed E-state index contributed by atoms with van der Waals surface area (Å²) in [6.07, 6.45) is 0. The predicted molar refractivity (Wildman–Crippen MR) is 136 cm³/mol. The SMILES string of the molecule is C[SiH](O[Si](C)(C)C)O[Si](C)(O[Si](C)(C)O[Si](C)(C)C)O[Si](C)(C)O[Si](C)(C)C. The molecule has 0 amide bonds. The molecule has 0 heterocycles. The predicted octanol–water partition coefficient (Wildman–Crippen LogP) is 5.41. The number of hydrogen-bond donors (Lipinski definition) is 0. The largest absolute Gasteiger partial charge is 0.470 e. The molecule has 170 valence electrons. The summed E-state index contributed by atoms with van der Waals surface area (Å²) in [5, 5.41) is 0. The smallest absolute Gasteiger partial charge is 0.439 e. The summed E-state index contributed by atoms with van der Waals surface area (Å²) in [6, 6.07) is 0. The highest BCUT2D eigenvalue weighted by atomic mass is 28.5. The van der Waals surface area contributed by atoms with E-state index in [0.717, 1.165) is 0 Å². The minimum atomic E-state index is -3.01. The van der Waals surface area contributed by atoms with Crippen molar-refractivity contribution in [2.24, 2.45) is 0 Å². The molecule has 0 spiro atoms. The van der Waals surface area contributed by atoms with Gasteiger partial charge in [-0.3, -0.25) is 0 Å². The lowest BCUT2D eigenvalue weighted by molar-refractivity contribution is 0.206. The maximum absolute atomic E-state index is 6.62. The van der Waals surface area contributed by atoms with Crippen molar-refractivity contribution in [3.8, 4) is 0 Å². The van der Waals surface area contributed by atoms with Crippen LogP contribution in [-0.2, 0) is 24.7 Å². The Labute approximate surface area is 182 Å². The topological polar surface area (TPSA) is 55.4 Å². The average Bonchev–Trinajstić information content (AvgIpc) is 2.12. The van der Waals surface area contributed by atoms with Gasteiger partial charge in [0.1, 0.15) is 0 Å². The molecule has 0 radical (unpaired) electrons. The van der Waals surface area contributed by atoms with Gasteiger partial charge in [-0.2, -0.15) is 0 Å². The molecule has 0 N–H and O–H groups in total. The van der Waals surface area contributed by atoms with Crippen molar-refractivity contribution in [2.45, 2.75) is 98.2 Å². The van der Waals surface area contributed by atoms with E-state index in [4.69, 9.17) is 24.7 Å². The highest BCUT2D eigenvalue weighted by Crippen LogP contribution is 2.27. The van der Waals surface area contributed by atoms with Gasteiger partial charge in [0, 0.05) is 6.55 Å². The quantitative estimate of drug-likeness (QED) is 0.322. The molecule has 0 aromatic rings. The lowest BCUT2D eigenvalue weighted by atomic mass is 11.8. The monoisotopic (exact) mass is 518 g/mol. The van der Waals surface area contributed by atoms with Crippen LogP contribution in [0, 0.1) is 0 Å². The fourth-order valence-corrected chi connectivity index (χ4v) is 32.1. The summed E-state index contributed by atoms with van der Waals surface area (Å²) >= 11 is 0. The zero-order valence-corrected chi connectivity index (χ0v) is 28.2. The molecule has 13 heteroatoms. The summed E-state index contributed by atoms with van der Waals surface area (Å²) in [4.78, 5) is 0. The molecule has 0 aromatic carbocycles. The molecule has 0 bridgehead atoms. The van der Waals surface area contributed by atoms with Crippen LogP contribution in [-0.4, -0.2) is 60.2 Å². The first-order valence-electron chi connectivity index (χ1n) is 10.1. The van der Waals surface area contributed by atoms with Crippen LogP contribution in [0.1, 0.15) is 0 Å². The van der Waals surface area contributed by atoms with E-state index >= 15 is 0 Å². The Morgan fingerprint density at radius 2 is 0.750 bits per heavy atom. The maximum atomic E-state index is 6.62. The van der Waals surface area contributed by atoms with E-state index in [0.29, 0.717) is 0 Å². The Morgan fingerprint density at radius 1 is 0.429 bits per heavy atom. The summed E-state index contributed by atoms with van der Waals surface area (Å²) < 4.78 is 38.8. The summed E-state index contributed by atoms with van der Waals surface area (Å²) in [5.74, 6) is 0. The number of rotatable bonds is 12. The van der Waals surface area contributed by atoms with E-state index < -0.39 is 60.2 Å². The third kappa shape index (κ3) is 15.1. The van der Waals surface area contributed by atoms with Crippen LogP contribution in [0.15, 0.2) is 0 Å². The minimum absolute atomic E-state index is 1.69. The van der Waals surface area contributed by atoms with Crippen molar-refractivity contribution in [1.82, 2.24) is 0 Å². The van der Waals surface area contributed by atoms with Crippen LogP contribution in [0.2, 0.25) is 98.2 Å². The molecule has 1 unspecified atom stereocenters. The first kappa shape index (κ1) is 29.3. The fraction of sp³-hybridized carbons (Fsp3) is 1.00. The molecule has 0 saturated heterocycles. The Morgan fingerprint density at radius 3 is 1.00 bits per heavy atom. The zero-order valence-electron chi connectivity index (χ0n) is 21.0. The van der Waals surface area contributed by atoms with Gasteiger partial charge in [-0.1, -0.05) is 0 Å². The lowest BCUT2D eigenvalue weighted by Gasteiger charge is -2.43. The van der Waals surface area contributed by atoms with E-state index in [9.17, 15) is 0 Å². The number of hydrogen-bond acceptors (Lipinski definition) is 6. The van der Waals surface area contributed by atoms with Gasteiger partial charge in [0.15, 0.2) is 25.0 Å². The minimum Gasteiger partial charge on any atom is -0.439 e. The molecular weight excluding hydrogens is 473 g/mol. The second-order valence-electron chi connectivity index (χ2n) is 11.2. The van der Waals surface area contributed by atoms with E-state index in [2.05, 4.69) is 91.7 Å². The second-order valence-corrected chi connectivity index (χ2v) is 37.5. The van der Waals surface area contributed by atoms with Crippen molar-refractivity contribution >= 4 is 60.2 Å². The van der Waals surface area contributed by atoms with Gasteiger partial charge in [0.2, 0.25) is 0 Å². The van der Waals surface area contributed by atoms with Gasteiger partial charge < -0.3 is 24.7 Å². The van der Waals surface area contributed by atoms with Crippen molar-refractivity contribution in [1.29, 1.82) is 0 Å². The van der Waals surface area contributed by atoms with Gasteiger partial charge in [0.05, 0.1) is 0 Å². The van der Waals surface area contributed by atoms with Gasteiger partial charge in [-0.25, -0.2) is 0 Å². The van der Waals surface area contributed by atoms with E-state index in [1.54, 1.807) is 0 Å². The molecule has 6 nitrogen and oxygen atoms in total. The third-order valence-corrected chi connectivity index (χ3v) is 25.8. The van der Waals surface area contributed by atoms with E-state index in [1.807, 2.05) is 6.55 Å². The maximum Gasteiger partial charge on any atom is 0.470 e. The first-order chi connectivity index (χ1) is 11.9. The first-order valence-corrected chi connectivity index (χ1v) is 30.3.